The van der Waals surface area contributed by atoms with Crippen molar-refractivity contribution in [2.75, 3.05) is 26.2 Å². The van der Waals surface area contributed by atoms with Crippen molar-refractivity contribution in [3.05, 3.63) is 30.0 Å². The van der Waals surface area contributed by atoms with Crippen LogP contribution in [0.15, 0.2) is 24.3 Å². The van der Waals surface area contributed by atoms with Crippen LogP contribution >= 0.6 is 0 Å². The molecule has 0 unspecified atom stereocenters. The van der Waals surface area contributed by atoms with Gasteiger partial charge in [0.2, 0.25) is 0 Å². The minimum Gasteiger partial charge on any atom is -0.310 e. The van der Waals surface area contributed by atoms with Gasteiger partial charge in [-0.05, 0) is 32.0 Å². The number of aromatic nitrogens is 2. The molecule has 1 saturated heterocycles. The van der Waals surface area contributed by atoms with Crippen LogP contribution in [0, 0.1) is 0 Å². The molecule has 0 atom stereocenters. The maximum Gasteiger partial charge on any atom is 0.0924 e. The highest BCUT2D eigenvalue weighted by Crippen LogP contribution is 2.14. The van der Waals surface area contributed by atoms with Crippen molar-refractivity contribution in [3.8, 4) is 0 Å². The summed E-state index contributed by atoms with van der Waals surface area (Å²) in [6.07, 6.45) is 2.73. The zero-order chi connectivity index (χ0) is 12.2. The number of fused-ring (bicyclic) bond motifs is 1. The first kappa shape index (κ1) is 11.7. The lowest BCUT2D eigenvalue weighted by molar-refractivity contribution is 0.335. The number of likely N-dealkylation sites (tertiary alicyclic amines) is 1. The molecular weight excluding hydrogens is 224 g/mol. The lowest BCUT2D eigenvalue weighted by Crippen LogP contribution is -2.29. The molecule has 18 heavy (non-hydrogen) atoms. The summed E-state index contributed by atoms with van der Waals surface area (Å²) < 4.78 is 0. The van der Waals surface area contributed by atoms with Crippen LogP contribution in [0.4, 0.5) is 0 Å². The number of aromatic amines is 1. The summed E-state index contributed by atoms with van der Waals surface area (Å²) in [4.78, 5) is 2.53. The van der Waals surface area contributed by atoms with E-state index in [2.05, 4.69) is 32.5 Å². The van der Waals surface area contributed by atoms with E-state index in [-0.39, 0.29) is 0 Å². The first-order chi connectivity index (χ1) is 8.93. The van der Waals surface area contributed by atoms with Gasteiger partial charge in [-0.15, -0.1) is 0 Å². The normalized spacial score (nSPS) is 16.7. The minimum absolute atomic E-state index is 0.869. The Labute approximate surface area is 107 Å². The summed E-state index contributed by atoms with van der Waals surface area (Å²) >= 11 is 0. The van der Waals surface area contributed by atoms with Crippen molar-refractivity contribution in [3.63, 3.8) is 0 Å². The molecule has 0 bridgehead atoms. The number of nitrogens with one attached hydrogen (secondary N) is 2. The van der Waals surface area contributed by atoms with E-state index >= 15 is 0 Å². The van der Waals surface area contributed by atoms with E-state index in [1.165, 1.54) is 37.0 Å². The van der Waals surface area contributed by atoms with Crippen LogP contribution in [0.3, 0.4) is 0 Å². The number of rotatable bonds is 5. The summed E-state index contributed by atoms with van der Waals surface area (Å²) in [5, 5.41) is 12.1. The van der Waals surface area contributed by atoms with Crippen LogP contribution < -0.4 is 5.32 Å². The van der Waals surface area contributed by atoms with E-state index in [1.807, 2.05) is 12.1 Å². The molecule has 2 aromatic rings. The van der Waals surface area contributed by atoms with Crippen molar-refractivity contribution in [1.82, 2.24) is 20.4 Å². The standard InChI is InChI=1S/C14H20N4/c1-2-6-13-12(5-1)14(17-16-13)11-15-7-10-18-8-3-4-9-18/h1-2,5-6,15H,3-4,7-11H2,(H,16,17). The number of benzene rings is 1. The zero-order valence-electron chi connectivity index (χ0n) is 10.7. The van der Waals surface area contributed by atoms with Crippen molar-refractivity contribution >= 4 is 10.9 Å². The molecule has 2 heterocycles. The van der Waals surface area contributed by atoms with Gasteiger partial charge in [-0.2, -0.15) is 5.10 Å². The molecule has 0 spiro atoms. The van der Waals surface area contributed by atoms with Gasteiger partial charge < -0.3 is 10.2 Å². The van der Waals surface area contributed by atoms with Crippen molar-refractivity contribution in [2.45, 2.75) is 19.4 Å². The second-order valence-electron chi connectivity index (χ2n) is 4.94. The summed E-state index contributed by atoms with van der Waals surface area (Å²) in [5.74, 6) is 0. The van der Waals surface area contributed by atoms with E-state index in [1.54, 1.807) is 0 Å². The first-order valence-corrected chi connectivity index (χ1v) is 6.78. The van der Waals surface area contributed by atoms with Gasteiger partial charge in [0.15, 0.2) is 0 Å². The molecule has 2 N–H and O–H groups in total. The number of hydrogen-bond acceptors (Lipinski definition) is 3. The van der Waals surface area contributed by atoms with Gasteiger partial charge in [0.05, 0.1) is 11.2 Å². The topological polar surface area (TPSA) is 44.0 Å². The molecular formula is C14H20N4. The van der Waals surface area contributed by atoms with Crippen LogP contribution in [0.5, 0.6) is 0 Å². The molecule has 0 aliphatic carbocycles. The average molecular weight is 244 g/mol. The van der Waals surface area contributed by atoms with E-state index in [4.69, 9.17) is 0 Å². The summed E-state index contributed by atoms with van der Waals surface area (Å²) in [6, 6.07) is 8.25. The lowest BCUT2D eigenvalue weighted by atomic mass is 10.2. The predicted octanol–water partition coefficient (Wildman–Crippen LogP) is 1.75. The number of para-hydroxylation sites is 1. The smallest absolute Gasteiger partial charge is 0.0924 e. The fraction of sp³-hybridized carbons (Fsp3) is 0.500. The third-order valence-electron chi connectivity index (χ3n) is 3.65. The van der Waals surface area contributed by atoms with Gasteiger partial charge in [-0.1, -0.05) is 18.2 Å². The third-order valence-corrected chi connectivity index (χ3v) is 3.65. The van der Waals surface area contributed by atoms with Gasteiger partial charge in [0.25, 0.3) is 0 Å². The number of nitrogens with zero attached hydrogens (tertiary/aromatic N) is 2. The third kappa shape index (κ3) is 2.54. The maximum atomic E-state index is 4.30. The molecule has 0 saturated carbocycles. The molecule has 1 aromatic carbocycles. The van der Waals surface area contributed by atoms with Crippen molar-refractivity contribution in [2.24, 2.45) is 0 Å². The van der Waals surface area contributed by atoms with Gasteiger partial charge >= 0.3 is 0 Å². The summed E-state index contributed by atoms with van der Waals surface area (Å²) in [6.45, 7) is 5.62. The van der Waals surface area contributed by atoms with Crippen molar-refractivity contribution < 1.29 is 0 Å². The molecule has 3 rings (SSSR count). The monoisotopic (exact) mass is 244 g/mol. The molecule has 0 amide bonds. The Balaban J connectivity index is 1.50. The second-order valence-corrected chi connectivity index (χ2v) is 4.94. The van der Waals surface area contributed by atoms with Crippen LogP contribution in [-0.2, 0) is 6.54 Å². The molecule has 1 aromatic heterocycles. The Morgan fingerprint density at radius 1 is 1.22 bits per heavy atom. The van der Waals surface area contributed by atoms with E-state index < -0.39 is 0 Å². The fourth-order valence-electron chi connectivity index (χ4n) is 2.61. The highest BCUT2D eigenvalue weighted by molar-refractivity contribution is 5.81. The lowest BCUT2D eigenvalue weighted by Gasteiger charge is -2.14. The molecule has 1 fully saturated rings. The van der Waals surface area contributed by atoms with Crippen LogP contribution in [0.2, 0.25) is 0 Å². The van der Waals surface area contributed by atoms with Gasteiger partial charge in [-0.25, -0.2) is 0 Å². The second kappa shape index (κ2) is 5.50. The fourth-order valence-corrected chi connectivity index (χ4v) is 2.61. The van der Waals surface area contributed by atoms with E-state index in [9.17, 15) is 0 Å². The molecule has 1 aliphatic heterocycles. The molecule has 0 radical (unpaired) electrons. The zero-order valence-corrected chi connectivity index (χ0v) is 10.7. The first-order valence-electron chi connectivity index (χ1n) is 6.78. The Hall–Kier alpha value is -1.39. The molecule has 1 aliphatic rings. The number of H-pyrrole nitrogens is 1. The predicted molar refractivity (Wildman–Crippen MR) is 73.5 cm³/mol. The summed E-state index contributed by atoms with van der Waals surface area (Å²) in [5.41, 5.74) is 2.24. The Morgan fingerprint density at radius 2 is 2.06 bits per heavy atom. The van der Waals surface area contributed by atoms with E-state index in [0.29, 0.717) is 0 Å². The Morgan fingerprint density at radius 3 is 2.94 bits per heavy atom. The van der Waals surface area contributed by atoms with E-state index in [0.717, 1.165) is 25.2 Å². The molecule has 4 heteroatoms. The highest BCUT2D eigenvalue weighted by atomic mass is 15.2. The minimum atomic E-state index is 0.869. The van der Waals surface area contributed by atoms with Gasteiger partial charge in [-0.3, -0.25) is 5.10 Å². The van der Waals surface area contributed by atoms with Crippen LogP contribution in [0.25, 0.3) is 10.9 Å². The Kier molecular flexibility index (Phi) is 3.57. The van der Waals surface area contributed by atoms with Crippen LogP contribution in [-0.4, -0.2) is 41.3 Å². The molecule has 96 valence electrons. The average Bonchev–Trinajstić information content (AvgIpc) is 3.04. The summed E-state index contributed by atoms with van der Waals surface area (Å²) in [7, 11) is 0. The molecule has 4 nitrogen and oxygen atoms in total. The van der Waals surface area contributed by atoms with Gasteiger partial charge in [0.1, 0.15) is 0 Å². The largest absolute Gasteiger partial charge is 0.310 e. The SMILES string of the molecule is c1ccc2c(CNCCN3CCCC3)[nH]nc2c1. The van der Waals surface area contributed by atoms with Gasteiger partial charge in [0, 0.05) is 25.0 Å². The van der Waals surface area contributed by atoms with Crippen LogP contribution in [0.1, 0.15) is 18.5 Å². The number of hydrogen-bond donors (Lipinski definition) is 2. The maximum absolute atomic E-state index is 4.30. The highest BCUT2D eigenvalue weighted by Gasteiger charge is 2.10. The quantitative estimate of drug-likeness (QED) is 0.788. The Bertz CT molecular complexity index is 499. The van der Waals surface area contributed by atoms with Crippen molar-refractivity contribution in [1.29, 1.82) is 0 Å².